The van der Waals surface area contributed by atoms with Crippen molar-refractivity contribution >= 4 is 40.3 Å². The maximum atomic E-state index is 14.6. The maximum Gasteiger partial charge on any atom is 0.269 e. The summed E-state index contributed by atoms with van der Waals surface area (Å²) in [6.07, 6.45) is -0.685. The zero-order valence-electron chi connectivity index (χ0n) is 26.0. The first-order valence-electron chi connectivity index (χ1n) is 14.3. The number of benzene rings is 2. The molecule has 5 rings (SSSR count). The molecular formula is C31H34N8O8. The van der Waals surface area contributed by atoms with Gasteiger partial charge in [-0.15, -0.1) is 0 Å². The number of fused-ring (bicyclic) bond motifs is 3. The van der Waals surface area contributed by atoms with Crippen LogP contribution in [0.2, 0.25) is 0 Å². The fraction of sp³-hybridized carbons (Fsp3) is 0.355. The van der Waals surface area contributed by atoms with Crippen molar-refractivity contribution in [2.24, 2.45) is 22.6 Å². The summed E-state index contributed by atoms with van der Waals surface area (Å²) in [7, 11) is 6.31. The summed E-state index contributed by atoms with van der Waals surface area (Å²) in [6.45, 7) is 0.107. The molecule has 16 nitrogen and oxygen atoms in total. The van der Waals surface area contributed by atoms with Gasteiger partial charge in [0.05, 0.1) is 44.9 Å². The molecular weight excluding hydrogens is 612 g/mol. The zero-order chi connectivity index (χ0) is 35.0. The average molecular weight is 647 g/mol. The minimum atomic E-state index is -2.77. The van der Waals surface area contributed by atoms with Gasteiger partial charge in [-0.1, -0.05) is 12.1 Å². The van der Waals surface area contributed by atoms with Gasteiger partial charge in [-0.3, -0.25) is 29.4 Å². The number of carbonyl (C=O) groups is 3. The normalized spacial score (nSPS) is 26.7. The number of nitro benzene ring substituents is 1. The Hall–Kier alpha value is -5.50. The van der Waals surface area contributed by atoms with E-state index in [9.17, 15) is 45.1 Å². The number of amides is 1. The lowest BCUT2D eigenvalue weighted by molar-refractivity contribution is -0.384. The van der Waals surface area contributed by atoms with Gasteiger partial charge < -0.3 is 42.7 Å². The van der Waals surface area contributed by atoms with Crippen LogP contribution in [-0.2, 0) is 27.3 Å². The SMILES string of the molecule is CN(C)c1cc(NCc2ccc([N+](=O)[O-])cc2)c(O)c2c1C[C@@]1(N)C[C@@]3(N)[C@H](N(C)C)C(=O)C(C(N)=O)=C(O)[C@@]3(C#N)C(=O)C1=C2O. The molecule has 0 heterocycles. The molecule has 1 saturated carbocycles. The van der Waals surface area contributed by atoms with Crippen LogP contribution in [0.25, 0.3) is 5.76 Å². The number of nitrogens with one attached hydrogen (secondary N) is 1. The number of hydrogen-bond acceptors (Lipinski definition) is 14. The van der Waals surface area contributed by atoms with Gasteiger partial charge >= 0.3 is 0 Å². The molecule has 0 radical (unpaired) electrons. The number of nitrogens with two attached hydrogens (primary N) is 3. The Morgan fingerprint density at radius 2 is 1.77 bits per heavy atom. The number of aliphatic hydroxyl groups excluding tert-OH is 2. The highest BCUT2D eigenvalue weighted by Gasteiger charge is 2.74. The second-order valence-corrected chi connectivity index (χ2v) is 12.6. The van der Waals surface area contributed by atoms with Crippen LogP contribution in [0.5, 0.6) is 5.75 Å². The number of phenols is 1. The Morgan fingerprint density at radius 1 is 1.15 bits per heavy atom. The third-order valence-corrected chi connectivity index (χ3v) is 9.34. The Morgan fingerprint density at radius 3 is 2.28 bits per heavy atom. The number of carbonyl (C=O) groups excluding carboxylic acids is 3. The topological polar surface area (TPSA) is 275 Å². The lowest BCUT2D eigenvalue weighted by Crippen LogP contribution is -2.80. The number of likely N-dealkylation sites (N-methyl/N-ethyl adjacent to an activating group) is 1. The molecule has 0 unspecified atom stereocenters. The molecule has 0 aromatic heterocycles. The quantitative estimate of drug-likeness (QED) is 0.0933. The van der Waals surface area contributed by atoms with E-state index in [1.165, 1.54) is 43.3 Å². The molecule has 4 atom stereocenters. The first kappa shape index (κ1) is 32.9. The van der Waals surface area contributed by atoms with Gasteiger partial charge in [0.15, 0.2) is 17.0 Å². The Kier molecular flexibility index (Phi) is 7.55. The van der Waals surface area contributed by atoms with Crippen LogP contribution in [0.1, 0.15) is 23.1 Å². The molecule has 10 N–H and O–H groups in total. The van der Waals surface area contributed by atoms with Crippen molar-refractivity contribution in [3.8, 4) is 11.8 Å². The van der Waals surface area contributed by atoms with Crippen molar-refractivity contribution in [3.63, 3.8) is 0 Å². The molecule has 3 aliphatic rings. The van der Waals surface area contributed by atoms with E-state index in [1.807, 2.05) is 0 Å². The summed E-state index contributed by atoms with van der Waals surface area (Å²) in [5.74, 6) is -6.09. The van der Waals surface area contributed by atoms with Gasteiger partial charge in [0.2, 0.25) is 0 Å². The van der Waals surface area contributed by atoms with E-state index < -0.39 is 79.8 Å². The monoisotopic (exact) mass is 646 g/mol. The molecule has 16 heteroatoms. The minimum Gasteiger partial charge on any atom is -0.509 e. The highest BCUT2D eigenvalue weighted by atomic mass is 16.6. The minimum absolute atomic E-state index is 0.0982. The third kappa shape index (κ3) is 4.42. The summed E-state index contributed by atoms with van der Waals surface area (Å²) < 4.78 is 0. The van der Waals surface area contributed by atoms with Crippen LogP contribution in [0.4, 0.5) is 17.1 Å². The highest BCUT2D eigenvalue weighted by Crippen LogP contribution is 2.59. The summed E-state index contributed by atoms with van der Waals surface area (Å²) in [6, 6.07) is 7.57. The second kappa shape index (κ2) is 10.8. The third-order valence-electron chi connectivity index (χ3n) is 9.34. The summed E-state index contributed by atoms with van der Waals surface area (Å²) in [5.41, 5.74) is 12.3. The molecule has 0 aliphatic heterocycles. The van der Waals surface area contributed by atoms with Crippen molar-refractivity contribution in [2.75, 3.05) is 38.4 Å². The molecule has 3 aliphatic carbocycles. The van der Waals surface area contributed by atoms with Crippen molar-refractivity contribution < 1.29 is 34.6 Å². The number of nitrogens with zero attached hydrogens (tertiary/aromatic N) is 4. The number of nitriles is 1. The standard InChI is InChI=1S/C31H34N8O8/c1-37(2)18-9-17(36-11-14-5-7-15(8-6-14)39(46)47)22(40)19-16(18)10-29(34)12-31(35)25(38(3)4)24(42)20(28(33)45)26(43)30(31,13-32)27(44)21(29)23(19)41/h5-9,25,36,40-41,43H,10-12,34-35H2,1-4H3,(H2,33,45)/t25-,29-,30+,31-/m1/s1. The number of nitro groups is 1. The van der Waals surface area contributed by atoms with Crippen molar-refractivity contribution in [1.82, 2.24) is 4.90 Å². The molecule has 1 amide bonds. The van der Waals surface area contributed by atoms with Gasteiger partial charge in [0.25, 0.3) is 11.6 Å². The smallest absolute Gasteiger partial charge is 0.269 e. The first-order valence-corrected chi connectivity index (χ1v) is 14.3. The van der Waals surface area contributed by atoms with E-state index in [4.69, 9.17) is 17.2 Å². The Labute approximate surface area is 268 Å². The van der Waals surface area contributed by atoms with E-state index in [1.54, 1.807) is 31.1 Å². The number of aliphatic hydroxyl groups is 2. The molecule has 0 spiro atoms. The van der Waals surface area contributed by atoms with E-state index in [0.717, 1.165) is 0 Å². The first-order chi connectivity index (χ1) is 21.9. The summed E-state index contributed by atoms with van der Waals surface area (Å²) in [4.78, 5) is 54.1. The number of rotatable bonds is 7. The lowest BCUT2D eigenvalue weighted by Gasteiger charge is -2.58. The van der Waals surface area contributed by atoms with E-state index in [0.29, 0.717) is 16.8 Å². The van der Waals surface area contributed by atoms with Crippen molar-refractivity contribution in [2.45, 2.75) is 36.5 Å². The predicted molar refractivity (Wildman–Crippen MR) is 169 cm³/mol. The number of non-ortho nitro benzene ring substituents is 1. The van der Waals surface area contributed by atoms with E-state index in [-0.39, 0.29) is 29.9 Å². The number of phenolic OH excluding ortho intramolecular Hbond substituents is 1. The number of hydrogen-bond donors (Lipinski definition) is 7. The number of anilines is 2. The Balaban J connectivity index is 1.73. The van der Waals surface area contributed by atoms with Gasteiger partial charge in [-0.25, -0.2) is 0 Å². The largest absolute Gasteiger partial charge is 0.509 e. The molecule has 0 bridgehead atoms. The number of aromatic hydroxyl groups is 1. The van der Waals surface area contributed by atoms with Gasteiger partial charge in [0.1, 0.15) is 22.8 Å². The molecule has 47 heavy (non-hydrogen) atoms. The molecule has 2 aromatic rings. The van der Waals surface area contributed by atoms with Gasteiger partial charge in [-0.2, -0.15) is 5.26 Å². The van der Waals surface area contributed by atoms with E-state index in [2.05, 4.69) is 5.32 Å². The molecule has 2 aromatic carbocycles. The highest BCUT2D eigenvalue weighted by molar-refractivity contribution is 6.25. The molecule has 246 valence electrons. The van der Waals surface area contributed by atoms with Crippen LogP contribution >= 0.6 is 0 Å². The predicted octanol–water partition coefficient (Wildman–Crippen LogP) is 0.492. The summed E-state index contributed by atoms with van der Waals surface area (Å²) in [5, 5.41) is 59.4. The fourth-order valence-corrected chi connectivity index (χ4v) is 7.35. The number of primary amides is 1. The zero-order valence-corrected chi connectivity index (χ0v) is 26.0. The second-order valence-electron chi connectivity index (χ2n) is 12.6. The van der Waals surface area contributed by atoms with Crippen LogP contribution in [0.15, 0.2) is 47.2 Å². The van der Waals surface area contributed by atoms with Crippen LogP contribution < -0.4 is 27.4 Å². The molecule has 1 fully saturated rings. The Bertz CT molecular complexity index is 1880. The number of ketones is 2. The lowest BCUT2D eigenvalue weighted by atomic mass is 9.47. The van der Waals surface area contributed by atoms with Crippen LogP contribution in [0, 0.1) is 26.9 Å². The van der Waals surface area contributed by atoms with Crippen molar-refractivity contribution in [3.05, 3.63) is 74.0 Å². The average Bonchev–Trinajstić information content (AvgIpc) is 2.95. The van der Waals surface area contributed by atoms with Gasteiger partial charge in [-0.05, 0) is 44.1 Å². The number of Topliss-reactive ketones (excluding diaryl/α,β-unsaturated/α-hetero) is 2. The van der Waals surface area contributed by atoms with Crippen molar-refractivity contribution in [1.29, 1.82) is 5.26 Å². The maximum absolute atomic E-state index is 14.6. The molecule has 0 saturated heterocycles. The van der Waals surface area contributed by atoms with Crippen LogP contribution in [0.3, 0.4) is 0 Å². The van der Waals surface area contributed by atoms with E-state index >= 15 is 0 Å². The van der Waals surface area contributed by atoms with Gasteiger partial charge in [0, 0.05) is 38.5 Å². The fourth-order valence-electron chi connectivity index (χ4n) is 7.35. The summed E-state index contributed by atoms with van der Waals surface area (Å²) >= 11 is 0. The van der Waals surface area contributed by atoms with Crippen LogP contribution in [-0.4, -0.2) is 87.9 Å².